The third-order valence-electron chi connectivity index (χ3n) is 0. The molecule has 0 aliphatic carbocycles. The second-order valence-electron chi connectivity index (χ2n) is 0.202. The molecule has 0 nitrogen and oxygen atoms in total. The first-order valence-electron chi connectivity index (χ1n) is 0.968. The molecular weight excluding hydrogens is 210 g/mol. The molecule has 0 aliphatic heterocycles. The Kier molecular flexibility index (Phi) is 2.11. The lowest BCUT2D eigenvalue weighted by Crippen LogP contribution is -1.37. The summed E-state index contributed by atoms with van der Waals surface area (Å²) in [6, 6.07) is 0. The predicted molar refractivity (Wildman–Crippen MR) is 32.6 cm³/mol. The molecule has 28 valence electrons. The van der Waals surface area contributed by atoms with Crippen LogP contribution in [0, 0.1) is 0 Å². The SMILES string of the molecule is [3H][SH](F)(=S)I. The molecule has 4 heteroatoms. The first-order valence-corrected chi connectivity index (χ1v) is 5.55. The van der Waals surface area contributed by atoms with E-state index in [-0.39, 0.29) is 0 Å². The van der Waals surface area contributed by atoms with Crippen LogP contribution in [-0.4, -0.2) is 1.12 Å². The van der Waals surface area contributed by atoms with Gasteiger partial charge in [0, 0.05) is 21.2 Å². The van der Waals surface area contributed by atoms with Crippen molar-refractivity contribution in [2.75, 3.05) is 0 Å². The topological polar surface area (TPSA) is 0 Å². The Morgan fingerprint density at radius 3 is 2.50 bits per heavy atom. The minimum atomic E-state index is -3.09. The summed E-state index contributed by atoms with van der Waals surface area (Å²) in [5, 5.41) is 0. The Balaban J connectivity index is 3.47. The fraction of sp³-hybridized carbons (Fsp3) is 0. The van der Waals surface area contributed by atoms with Crippen molar-refractivity contribution in [2.45, 2.75) is 0 Å². The minimum absolute atomic E-state index is 1.30. The van der Waals surface area contributed by atoms with Gasteiger partial charge >= 0.3 is 0 Å². The van der Waals surface area contributed by atoms with Crippen LogP contribution in [0.2, 0.25) is 0 Å². The molecule has 0 unspecified atom stereocenters. The zero-order valence-corrected chi connectivity index (χ0v) is 5.48. The molecule has 0 radical (unpaired) electrons. The van der Waals surface area contributed by atoms with Gasteiger partial charge in [-0.3, -0.25) is 0 Å². The van der Waals surface area contributed by atoms with E-state index in [4.69, 9.17) is 1.12 Å². The van der Waals surface area contributed by atoms with Gasteiger partial charge in [-0.05, 0) is 18.1 Å². The Morgan fingerprint density at radius 2 is 2.50 bits per heavy atom. The average molecular weight is 214 g/mol. The van der Waals surface area contributed by atoms with Crippen molar-refractivity contribution in [1.82, 2.24) is 0 Å². The first kappa shape index (κ1) is 3.42. The van der Waals surface area contributed by atoms with Crippen LogP contribution in [0.4, 0.5) is 3.89 Å². The zero-order valence-electron chi connectivity index (χ0n) is 2.61. The van der Waals surface area contributed by atoms with Crippen LogP contribution in [0.15, 0.2) is 0 Å². The molecule has 0 spiro atoms. The summed E-state index contributed by atoms with van der Waals surface area (Å²) in [4.78, 5) is 0. The minimum Gasteiger partial charge on any atom is -0.182 e. The molecule has 0 amide bonds. The fourth-order valence-corrected chi connectivity index (χ4v) is 0. The molecular formula is H2FIS2. The molecule has 0 saturated carbocycles. The van der Waals surface area contributed by atoms with Gasteiger partial charge in [-0.25, -0.2) is 0 Å². The normalized spacial score (nSPS) is 19.0. The third-order valence-corrected chi connectivity index (χ3v) is 0. The summed E-state index contributed by atoms with van der Waals surface area (Å²) in [5.74, 6) is 0. The molecule has 0 aromatic carbocycles. The molecule has 0 heterocycles. The highest BCUT2D eigenvalue weighted by Crippen LogP contribution is 1.91. The standard InChI is InChI=1S/FH2IS2/c1-4(2)3/h4H2/i4T. The number of rotatable bonds is 0. The monoisotopic (exact) mass is 214 g/mol. The van der Waals surface area contributed by atoms with E-state index in [0.717, 1.165) is 0 Å². The molecule has 0 aliphatic rings. The van der Waals surface area contributed by atoms with E-state index in [1.54, 1.807) is 0 Å². The van der Waals surface area contributed by atoms with Crippen LogP contribution >= 0.6 is 21.2 Å². The quantitative estimate of drug-likeness (QED) is 0.424. The molecule has 0 atom stereocenters. The Bertz CT molecular complexity index is 55.8. The highest BCUT2D eigenvalue weighted by atomic mass is 127. The fourth-order valence-electron chi connectivity index (χ4n) is 0. The van der Waals surface area contributed by atoms with Crippen molar-refractivity contribution < 1.29 is 3.89 Å². The zero-order chi connectivity index (χ0) is 4.50. The maximum atomic E-state index is 11.3. The van der Waals surface area contributed by atoms with E-state index in [1.165, 1.54) is 21.2 Å². The van der Waals surface area contributed by atoms with Crippen molar-refractivity contribution in [3.05, 3.63) is 0 Å². The summed E-state index contributed by atoms with van der Waals surface area (Å²) < 4.78 is 17.5. The maximum absolute atomic E-state index is 11.3. The molecule has 0 saturated heterocycles. The Labute approximate surface area is 44.3 Å². The number of hydrogen-bond donors (Lipinski definition) is 0. The summed E-state index contributed by atoms with van der Waals surface area (Å²) in [6.45, 7) is -3.09. The molecule has 0 aromatic heterocycles. The van der Waals surface area contributed by atoms with E-state index < -0.39 is 6.92 Å². The van der Waals surface area contributed by atoms with E-state index in [1.807, 2.05) is 0 Å². The lowest BCUT2D eigenvalue weighted by Gasteiger charge is -1.64. The smallest absolute Gasteiger partial charge is 0.127 e. The van der Waals surface area contributed by atoms with E-state index in [9.17, 15) is 3.89 Å². The molecule has 0 N–H and O–H groups in total. The first-order chi connectivity index (χ1) is 2.00. The average Bonchev–Trinajstić information content (AvgIpc) is 0.722. The molecule has 0 aromatic rings. The Hall–Kier alpha value is 1.23. The third kappa shape index (κ3) is 10.6. The highest BCUT2D eigenvalue weighted by Gasteiger charge is 1.53. The van der Waals surface area contributed by atoms with Gasteiger partial charge < -0.3 is 0 Å². The number of hydrogen-bond acceptors (Lipinski definition) is 1. The van der Waals surface area contributed by atoms with Gasteiger partial charge in [-0.2, -0.15) is 3.89 Å². The summed E-state index contributed by atoms with van der Waals surface area (Å²) in [6.07, 6.45) is 0. The second-order valence-corrected chi connectivity index (χ2v) is 6.07. The van der Waals surface area contributed by atoms with Crippen molar-refractivity contribution >= 4 is 39.3 Å². The number of halogens is 2. The summed E-state index contributed by atoms with van der Waals surface area (Å²) in [7, 11) is 0. The predicted octanol–water partition coefficient (Wildman–Crippen LogP) is 0.766. The largest absolute Gasteiger partial charge is 0.182 e. The van der Waals surface area contributed by atoms with E-state index in [0.29, 0.717) is 0 Å². The van der Waals surface area contributed by atoms with Crippen LogP contribution in [0.1, 0.15) is 0 Å². The van der Waals surface area contributed by atoms with Gasteiger partial charge in [0.1, 0.15) is 1.12 Å². The van der Waals surface area contributed by atoms with Gasteiger partial charge in [0.15, 0.2) is 0 Å². The van der Waals surface area contributed by atoms with Crippen molar-refractivity contribution in [3.63, 3.8) is 0 Å². The lowest BCUT2D eigenvalue weighted by atomic mass is 18.9. The van der Waals surface area contributed by atoms with Gasteiger partial charge in [-0.1, -0.05) is 0 Å². The second kappa shape index (κ2) is 2.47. The van der Waals surface area contributed by atoms with Crippen LogP contribution in [0.25, 0.3) is 0 Å². The summed E-state index contributed by atoms with van der Waals surface area (Å²) >= 11 is 5.23. The highest BCUT2D eigenvalue weighted by molar-refractivity contribution is 14.2. The van der Waals surface area contributed by atoms with Gasteiger partial charge in [0.25, 0.3) is 0 Å². The van der Waals surface area contributed by atoms with Gasteiger partial charge in [-0.15, -0.1) is 0 Å². The van der Waals surface area contributed by atoms with E-state index >= 15 is 0 Å². The lowest BCUT2D eigenvalue weighted by molar-refractivity contribution is 0.948. The van der Waals surface area contributed by atoms with Crippen LogP contribution in [-0.2, 0) is 18.1 Å². The van der Waals surface area contributed by atoms with Crippen LogP contribution in [0.5, 0.6) is 0 Å². The maximum Gasteiger partial charge on any atom is 0.127 e. The van der Waals surface area contributed by atoms with Crippen molar-refractivity contribution in [2.24, 2.45) is 0 Å². The molecule has 0 fully saturated rings. The Morgan fingerprint density at radius 1 is 2.50 bits per heavy atom. The van der Waals surface area contributed by atoms with E-state index in [2.05, 4.69) is 11.2 Å². The molecule has 0 bridgehead atoms. The van der Waals surface area contributed by atoms with Crippen LogP contribution in [0.3, 0.4) is 0 Å². The van der Waals surface area contributed by atoms with Crippen molar-refractivity contribution in [1.29, 1.82) is 1.12 Å². The van der Waals surface area contributed by atoms with Gasteiger partial charge in [0.05, 0.1) is 0 Å². The molecule has 4 heavy (non-hydrogen) atoms. The summed E-state index contributed by atoms with van der Waals surface area (Å²) in [5.41, 5.74) is 0. The van der Waals surface area contributed by atoms with Crippen molar-refractivity contribution in [3.8, 4) is 0 Å². The molecule has 0 rings (SSSR count). The van der Waals surface area contributed by atoms with Gasteiger partial charge in [0.2, 0.25) is 0 Å². The van der Waals surface area contributed by atoms with Crippen LogP contribution < -0.4 is 0 Å².